The Morgan fingerprint density at radius 1 is 1.26 bits per heavy atom. The molecule has 0 bridgehead atoms. The van der Waals surface area contributed by atoms with Crippen molar-refractivity contribution in [3.8, 4) is 0 Å². The number of hydrogen-bond donors (Lipinski definition) is 4. The number of carbonyl (C=O) groups is 1. The zero-order valence-corrected chi connectivity index (χ0v) is 14.5. The molecular weight excluding hydrogens is 382 g/mol. The van der Waals surface area contributed by atoms with Crippen LogP contribution in [-0.4, -0.2) is 55.8 Å². The van der Waals surface area contributed by atoms with Crippen LogP contribution < -0.4 is 11.2 Å². The summed E-state index contributed by atoms with van der Waals surface area (Å²) in [6, 6.07) is 7.31. The number of hydrogen-bond acceptors (Lipinski definition) is 9. The van der Waals surface area contributed by atoms with Gasteiger partial charge in [0.2, 0.25) is 0 Å². The fraction of sp³-hybridized carbons (Fsp3) is 0.312. The summed E-state index contributed by atoms with van der Waals surface area (Å²) in [5.41, 5.74) is 1.68. The van der Waals surface area contributed by atoms with Crippen LogP contribution in [0.15, 0.2) is 41.3 Å². The highest BCUT2D eigenvalue weighted by Crippen LogP contribution is 2.28. The van der Waals surface area contributed by atoms with Gasteiger partial charge in [-0.1, -0.05) is 11.6 Å². The number of nitrogens with one attached hydrogen (secondary N) is 1. The number of ether oxygens (including phenoxy) is 1. The van der Waals surface area contributed by atoms with E-state index < -0.39 is 42.8 Å². The summed E-state index contributed by atoms with van der Waals surface area (Å²) in [6.07, 6.45) is -3.74. The lowest BCUT2D eigenvalue weighted by Crippen LogP contribution is -2.36. The Morgan fingerprint density at radius 2 is 1.96 bits per heavy atom. The summed E-state index contributed by atoms with van der Waals surface area (Å²) in [6.45, 7) is -0.517. The number of halogens is 1. The van der Waals surface area contributed by atoms with Crippen LogP contribution >= 0.6 is 11.6 Å². The molecule has 0 aliphatic carbocycles. The molecule has 1 aromatic heterocycles. The van der Waals surface area contributed by atoms with Crippen molar-refractivity contribution in [3.63, 3.8) is 0 Å². The van der Waals surface area contributed by atoms with E-state index in [2.05, 4.69) is 10.5 Å². The van der Waals surface area contributed by atoms with Crippen molar-refractivity contribution in [2.45, 2.75) is 24.5 Å². The Labute approximate surface area is 157 Å². The number of rotatable bonds is 5. The van der Waals surface area contributed by atoms with Gasteiger partial charge in [0.15, 0.2) is 12.0 Å². The maximum atomic E-state index is 12.1. The fourth-order valence-electron chi connectivity index (χ4n) is 2.52. The number of aromatic nitrogens is 2. The molecule has 27 heavy (non-hydrogen) atoms. The lowest BCUT2D eigenvalue weighted by molar-refractivity contribution is -0.0549. The molecule has 10 nitrogen and oxygen atoms in total. The smallest absolute Gasteiger partial charge is 0.362 e. The van der Waals surface area contributed by atoms with Gasteiger partial charge in [0.25, 0.3) is 0 Å². The van der Waals surface area contributed by atoms with Gasteiger partial charge in [0.05, 0.1) is 12.2 Å². The minimum atomic E-state index is -1.41. The third-order valence-electron chi connectivity index (χ3n) is 3.95. The number of aliphatic hydroxyl groups is 3. The predicted molar refractivity (Wildman–Crippen MR) is 92.0 cm³/mol. The van der Waals surface area contributed by atoms with Crippen molar-refractivity contribution in [1.82, 2.24) is 9.55 Å². The van der Waals surface area contributed by atoms with Crippen molar-refractivity contribution in [1.29, 1.82) is 0 Å². The van der Waals surface area contributed by atoms with Crippen LogP contribution in [0.2, 0.25) is 5.02 Å². The van der Waals surface area contributed by atoms with E-state index in [-0.39, 0.29) is 11.4 Å². The van der Waals surface area contributed by atoms with Crippen LogP contribution in [-0.2, 0) is 9.57 Å². The number of anilines is 1. The molecule has 0 spiro atoms. The first-order valence-corrected chi connectivity index (χ1v) is 8.23. The van der Waals surface area contributed by atoms with Gasteiger partial charge in [-0.25, -0.2) is 9.59 Å². The van der Waals surface area contributed by atoms with Crippen LogP contribution in [0, 0.1) is 0 Å². The van der Waals surface area contributed by atoms with E-state index in [4.69, 9.17) is 26.3 Å². The largest absolute Gasteiger partial charge is 0.394 e. The van der Waals surface area contributed by atoms with Gasteiger partial charge >= 0.3 is 11.7 Å². The van der Waals surface area contributed by atoms with Crippen LogP contribution in [0.5, 0.6) is 0 Å². The minimum absolute atomic E-state index is 0.0506. The maximum absolute atomic E-state index is 12.1. The molecule has 0 saturated carbocycles. The van der Waals surface area contributed by atoms with Crippen molar-refractivity contribution in [3.05, 3.63) is 57.6 Å². The molecule has 0 radical (unpaired) electrons. The van der Waals surface area contributed by atoms with Gasteiger partial charge in [-0.3, -0.25) is 4.57 Å². The topological polar surface area (TPSA) is 143 Å². The molecule has 1 aliphatic heterocycles. The third-order valence-corrected chi connectivity index (χ3v) is 4.20. The van der Waals surface area contributed by atoms with E-state index >= 15 is 0 Å². The number of benzene rings is 1. The monoisotopic (exact) mass is 397 g/mol. The van der Waals surface area contributed by atoms with Gasteiger partial charge in [-0.05, 0) is 24.3 Å². The molecule has 11 heteroatoms. The van der Waals surface area contributed by atoms with Crippen LogP contribution in [0.1, 0.15) is 16.6 Å². The molecule has 4 atom stereocenters. The molecule has 1 aromatic carbocycles. The molecule has 4 N–H and O–H groups in total. The van der Waals surface area contributed by atoms with E-state index in [9.17, 15) is 19.8 Å². The molecule has 0 unspecified atom stereocenters. The molecular formula is C16H16ClN3O7. The lowest BCUT2D eigenvalue weighted by Gasteiger charge is -2.17. The molecule has 1 aliphatic rings. The molecule has 2 aromatic rings. The average Bonchev–Trinajstić information content (AvgIpc) is 2.95. The number of nitrogens with zero attached hydrogens (tertiary/aromatic N) is 2. The van der Waals surface area contributed by atoms with Crippen LogP contribution in [0.4, 0.5) is 5.82 Å². The summed E-state index contributed by atoms with van der Waals surface area (Å²) < 4.78 is 6.22. The Hall–Kier alpha value is -2.50. The Balaban J connectivity index is 1.67. The second kappa shape index (κ2) is 8.03. The minimum Gasteiger partial charge on any atom is -0.394 e. The van der Waals surface area contributed by atoms with Gasteiger partial charge in [0.1, 0.15) is 18.3 Å². The summed E-state index contributed by atoms with van der Waals surface area (Å²) >= 11 is 5.74. The van der Waals surface area contributed by atoms with Crippen LogP contribution in [0.25, 0.3) is 0 Å². The van der Waals surface area contributed by atoms with Gasteiger partial charge < -0.3 is 24.9 Å². The van der Waals surface area contributed by atoms with Crippen LogP contribution in [0.3, 0.4) is 0 Å². The Morgan fingerprint density at radius 3 is 2.56 bits per heavy atom. The fourth-order valence-corrected chi connectivity index (χ4v) is 2.64. The second-order valence-electron chi connectivity index (χ2n) is 5.73. The summed E-state index contributed by atoms with van der Waals surface area (Å²) in [5.74, 6) is -0.758. The molecule has 1 saturated heterocycles. The molecule has 144 valence electrons. The maximum Gasteiger partial charge on any atom is 0.362 e. The van der Waals surface area contributed by atoms with Gasteiger partial charge in [-0.2, -0.15) is 10.5 Å². The standard InChI is InChI=1S/C16H16ClN3O7/c17-9-3-1-8(2-4-9)15(24)27-19-11-5-6-20(16(25)18-11)14-13(23)12(22)10(7-21)26-14/h1-6,10,12-14,21-23H,7H2,(H,18,19,25)/t10-,12-,13-,14-/m1/s1. The molecule has 2 heterocycles. The highest BCUT2D eigenvalue weighted by Gasteiger charge is 2.43. The highest BCUT2D eigenvalue weighted by molar-refractivity contribution is 6.30. The van der Waals surface area contributed by atoms with Crippen molar-refractivity contribution >= 4 is 23.4 Å². The Kier molecular flexibility index (Phi) is 5.73. The van der Waals surface area contributed by atoms with E-state index in [0.29, 0.717) is 5.02 Å². The predicted octanol–water partition coefficient (Wildman–Crippen LogP) is -0.308. The summed E-state index contributed by atoms with van der Waals surface area (Å²) in [4.78, 5) is 32.6. The van der Waals surface area contributed by atoms with Gasteiger partial charge in [-0.15, -0.1) is 0 Å². The average molecular weight is 398 g/mol. The second-order valence-corrected chi connectivity index (χ2v) is 6.17. The summed E-state index contributed by atoms with van der Waals surface area (Å²) in [7, 11) is 0. The zero-order valence-electron chi connectivity index (χ0n) is 13.7. The summed E-state index contributed by atoms with van der Waals surface area (Å²) in [5, 5.41) is 29.3. The van der Waals surface area contributed by atoms with E-state index in [1.165, 1.54) is 36.5 Å². The lowest BCUT2D eigenvalue weighted by atomic mass is 10.1. The highest BCUT2D eigenvalue weighted by atomic mass is 35.5. The zero-order chi connectivity index (χ0) is 19.6. The SMILES string of the molecule is O=C(ONc1ccn([C@@H]2O[C@H](CO)[C@@H](O)[C@H]2O)c(=O)n1)c1ccc(Cl)cc1. The first-order valence-electron chi connectivity index (χ1n) is 7.85. The van der Waals surface area contributed by atoms with Gasteiger partial charge in [0, 0.05) is 17.3 Å². The number of carbonyl (C=O) groups excluding carboxylic acids is 1. The van der Waals surface area contributed by atoms with E-state index in [1.807, 2.05) is 0 Å². The van der Waals surface area contributed by atoms with Crippen molar-refractivity contribution in [2.75, 3.05) is 12.1 Å². The first-order chi connectivity index (χ1) is 12.9. The van der Waals surface area contributed by atoms with Crippen molar-refractivity contribution in [2.24, 2.45) is 0 Å². The number of aliphatic hydroxyl groups excluding tert-OH is 3. The first kappa shape index (κ1) is 19.3. The molecule has 3 rings (SSSR count). The Bertz CT molecular complexity index is 873. The van der Waals surface area contributed by atoms with E-state index in [0.717, 1.165) is 4.57 Å². The quantitative estimate of drug-likeness (QED) is 0.499. The normalized spacial score (nSPS) is 24.6. The third kappa shape index (κ3) is 4.10. The van der Waals surface area contributed by atoms with Crippen molar-refractivity contribution < 1.29 is 29.7 Å². The van der Waals surface area contributed by atoms with E-state index in [1.54, 1.807) is 0 Å². The molecule has 1 fully saturated rings. The molecule has 0 amide bonds.